The Kier molecular flexibility index (Phi) is 2.25. The van der Waals surface area contributed by atoms with Crippen molar-refractivity contribution in [3.63, 3.8) is 0 Å². The van der Waals surface area contributed by atoms with Gasteiger partial charge < -0.3 is 5.73 Å². The van der Waals surface area contributed by atoms with Gasteiger partial charge >= 0.3 is 0 Å². The Hall–Kier alpha value is -1.15. The highest BCUT2D eigenvalue weighted by atomic mass is 32.2. The van der Waals surface area contributed by atoms with Gasteiger partial charge in [0.25, 0.3) is 15.9 Å². The van der Waals surface area contributed by atoms with Crippen LogP contribution in [0.15, 0.2) is 6.20 Å². The lowest BCUT2D eigenvalue weighted by atomic mass is 10.2. The van der Waals surface area contributed by atoms with Crippen molar-refractivity contribution in [1.29, 1.82) is 0 Å². The van der Waals surface area contributed by atoms with Gasteiger partial charge in [-0.2, -0.15) is 0 Å². The fraction of sp³-hybridized carbons (Fsp3) is 0.500. The van der Waals surface area contributed by atoms with Crippen molar-refractivity contribution in [2.24, 2.45) is 0 Å². The number of amides is 1. The van der Waals surface area contributed by atoms with Crippen molar-refractivity contribution in [2.75, 3.05) is 5.73 Å². The Morgan fingerprint density at radius 1 is 1.56 bits per heavy atom. The predicted octanol–water partition coefficient (Wildman–Crippen LogP) is 0.176. The summed E-state index contributed by atoms with van der Waals surface area (Å²) in [4.78, 5) is 16.1. The Labute approximate surface area is 97.1 Å². The average Bonchev–Trinajstić information content (AvgIpc) is 2.59. The van der Waals surface area contributed by atoms with Gasteiger partial charge in [-0.05, 0) is 13.8 Å². The Morgan fingerprint density at radius 3 is 2.62 bits per heavy atom. The molecule has 0 spiro atoms. The molecule has 8 heteroatoms. The number of rotatable bonds is 2. The molecule has 1 aliphatic rings. The number of sulfonamides is 1. The van der Waals surface area contributed by atoms with Gasteiger partial charge in [-0.15, -0.1) is 11.3 Å². The summed E-state index contributed by atoms with van der Waals surface area (Å²) in [6.07, 6.45) is 1.48. The molecule has 0 radical (unpaired) electrons. The number of nitrogen functional groups attached to an aromatic ring is 1. The van der Waals surface area contributed by atoms with Crippen molar-refractivity contribution in [2.45, 2.75) is 25.1 Å². The molecular formula is C8H11N3O3S2. The van der Waals surface area contributed by atoms with Crippen molar-refractivity contribution < 1.29 is 13.2 Å². The fourth-order valence-corrected chi connectivity index (χ4v) is 3.71. The van der Waals surface area contributed by atoms with E-state index in [4.69, 9.17) is 5.73 Å². The van der Waals surface area contributed by atoms with Gasteiger partial charge in [0.15, 0.2) is 9.88 Å². The van der Waals surface area contributed by atoms with Crippen LogP contribution in [0, 0.1) is 0 Å². The average molecular weight is 261 g/mol. The van der Waals surface area contributed by atoms with Gasteiger partial charge in [-0.3, -0.25) is 4.79 Å². The Bertz CT molecular complexity index is 547. The van der Waals surface area contributed by atoms with Crippen molar-refractivity contribution in [1.82, 2.24) is 9.29 Å². The van der Waals surface area contributed by atoms with E-state index in [0.29, 0.717) is 10.0 Å². The largest absolute Gasteiger partial charge is 0.375 e. The van der Waals surface area contributed by atoms with E-state index in [1.807, 2.05) is 0 Å². The van der Waals surface area contributed by atoms with Crippen LogP contribution in [0.4, 0.5) is 5.13 Å². The number of thiazole rings is 1. The quantitative estimate of drug-likeness (QED) is 0.819. The van der Waals surface area contributed by atoms with Crippen molar-refractivity contribution in [3.8, 4) is 0 Å². The van der Waals surface area contributed by atoms with Gasteiger partial charge in [0.05, 0.1) is 6.54 Å². The zero-order chi connectivity index (χ0) is 12.1. The van der Waals surface area contributed by atoms with Crippen LogP contribution in [0.1, 0.15) is 18.7 Å². The van der Waals surface area contributed by atoms with Crippen LogP contribution >= 0.6 is 11.3 Å². The standard InChI is InChI=1S/C8H11N3O3S2/c1-8(2)6(12)11(16(8,13)14)4-5-3-10-7(9)15-5/h3H,4H2,1-2H3,(H2,9,10). The van der Waals surface area contributed by atoms with Gasteiger partial charge in [0, 0.05) is 11.1 Å². The van der Waals surface area contributed by atoms with Crippen molar-refractivity contribution in [3.05, 3.63) is 11.1 Å². The molecule has 0 bridgehead atoms. The maximum atomic E-state index is 11.8. The van der Waals surface area contributed by atoms with Crippen LogP contribution < -0.4 is 5.73 Å². The molecule has 88 valence electrons. The minimum absolute atomic E-state index is 0.0272. The van der Waals surface area contributed by atoms with Crippen LogP contribution in [0.3, 0.4) is 0 Å². The SMILES string of the molecule is CC1(C)C(=O)N(Cc2cnc(N)s2)S1(=O)=O. The first-order valence-electron chi connectivity index (χ1n) is 4.53. The van der Waals surface area contributed by atoms with Gasteiger partial charge in [-0.1, -0.05) is 0 Å². The monoisotopic (exact) mass is 261 g/mol. The molecule has 0 aliphatic carbocycles. The van der Waals surface area contributed by atoms with Crippen LogP contribution in [0.5, 0.6) is 0 Å². The topological polar surface area (TPSA) is 93.4 Å². The summed E-state index contributed by atoms with van der Waals surface area (Å²) in [6, 6.07) is 0. The summed E-state index contributed by atoms with van der Waals surface area (Å²) in [6.45, 7) is 2.84. The first kappa shape index (κ1) is 11.3. The molecule has 16 heavy (non-hydrogen) atoms. The summed E-state index contributed by atoms with van der Waals surface area (Å²) >= 11 is 1.18. The van der Waals surface area contributed by atoms with Crippen LogP contribution in [0.25, 0.3) is 0 Å². The molecule has 2 rings (SSSR count). The van der Waals surface area contributed by atoms with E-state index in [0.717, 1.165) is 4.31 Å². The van der Waals surface area contributed by atoms with E-state index < -0.39 is 14.8 Å². The second kappa shape index (κ2) is 3.17. The first-order valence-corrected chi connectivity index (χ1v) is 6.79. The number of carbonyl (C=O) groups excluding carboxylic acids is 1. The zero-order valence-electron chi connectivity index (χ0n) is 8.80. The molecule has 2 N–H and O–H groups in total. The second-order valence-electron chi connectivity index (χ2n) is 3.99. The lowest BCUT2D eigenvalue weighted by Gasteiger charge is -2.42. The molecule has 1 saturated heterocycles. The van der Waals surface area contributed by atoms with Crippen LogP contribution in [-0.2, 0) is 21.4 Å². The molecule has 1 aliphatic heterocycles. The third kappa shape index (κ3) is 1.33. The minimum Gasteiger partial charge on any atom is -0.375 e. The summed E-state index contributed by atoms with van der Waals surface area (Å²) in [5, 5.41) is 0.361. The van der Waals surface area contributed by atoms with Gasteiger partial charge in [0.1, 0.15) is 0 Å². The lowest BCUT2D eigenvalue weighted by Crippen LogP contribution is -2.66. The molecule has 1 amide bonds. The highest BCUT2D eigenvalue weighted by Crippen LogP contribution is 2.36. The lowest BCUT2D eigenvalue weighted by molar-refractivity contribution is -0.132. The predicted molar refractivity (Wildman–Crippen MR) is 60.1 cm³/mol. The maximum absolute atomic E-state index is 11.8. The van der Waals surface area contributed by atoms with Gasteiger partial charge in [0.2, 0.25) is 0 Å². The molecular weight excluding hydrogens is 250 g/mol. The summed E-state index contributed by atoms with van der Waals surface area (Å²) in [7, 11) is -3.52. The maximum Gasteiger partial charge on any atom is 0.259 e. The van der Waals surface area contributed by atoms with Crippen LogP contribution in [-0.4, -0.2) is 28.4 Å². The molecule has 0 atom stereocenters. The number of aromatic nitrogens is 1. The second-order valence-corrected chi connectivity index (χ2v) is 7.55. The number of nitrogens with zero attached hydrogens (tertiary/aromatic N) is 2. The Balaban J connectivity index is 2.23. The molecule has 2 heterocycles. The molecule has 0 aromatic carbocycles. The highest BCUT2D eigenvalue weighted by Gasteiger charge is 2.59. The van der Waals surface area contributed by atoms with E-state index in [-0.39, 0.29) is 12.5 Å². The van der Waals surface area contributed by atoms with E-state index in [1.165, 1.54) is 31.4 Å². The van der Waals surface area contributed by atoms with Crippen molar-refractivity contribution >= 4 is 32.4 Å². The minimum atomic E-state index is -3.52. The third-order valence-electron chi connectivity index (χ3n) is 2.55. The van der Waals surface area contributed by atoms with Crippen LogP contribution in [0.2, 0.25) is 0 Å². The molecule has 1 fully saturated rings. The van der Waals surface area contributed by atoms with E-state index in [2.05, 4.69) is 4.98 Å². The first-order chi connectivity index (χ1) is 7.26. The summed E-state index contributed by atoms with van der Waals surface area (Å²) in [5.41, 5.74) is 5.42. The van der Waals surface area contributed by atoms with E-state index in [1.54, 1.807) is 0 Å². The molecule has 0 saturated carbocycles. The van der Waals surface area contributed by atoms with E-state index in [9.17, 15) is 13.2 Å². The summed E-state index contributed by atoms with van der Waals surface area (Å²) < 4.78 is 23.1. The molecule has 6 nitrogen and oxygen atoms in total. The summed E-state index contributed by atoms with van der Waals surface area (Å²) in [5.74, 6) is -0.389. The Morgan fingerprint density at radius 2 is 2.19 bits per heavy atom. The number of hydrogen-bond donors (Lipinski definition) is 1. The highest BCUT2D eigenvalue weighted by molar-refractivity contribution is 7.94. The normalized spacial score (nSPS) is 21.9. The zero-order valence-corrected chi connectivity index (χ0v) is 10.4. The number of nitrogens with two attached hydrogens (primary N) is 1. The molecule has 0 unspecified atom stereocenters. The number of anilines is 1. The van der Waals surface area contributed by atoms with E-state index >= 15 is 0 Å². The van der Waals surface area contributed by atoms with Gasteiger partial charge in [-0.25, -0.2) is 17.7 Å². The molecule has 1 aromatic rings. The smallest absolute Gasteiger partial charge is 0.259 e. The number of hydrogen-bond acceptors (Lipinski definition) is 6. The fourth-order valence-electron chi connectivity index (χ4n) is 1.45. The third-order valence-corrected chi connectivity index (χ3v) is 5.70. The molecule has 1 aromatic heterocycles. The number of carbonyl (C=O) groups is 1.